The highest BCUT2D eigenvalue weighted by molar-refractivity contribution is 5.94. The fourth-order valence-corrected chi connectivity index (χ4v) is 1.92. The number of aliphatic carboxylic acids is 1. The highest BCUT2D eigenvalue weighted by Gasteiger charge is 2.08. The number of hydrogen-bond acceptors (Lipinski definition) is 5. The van der Waals surface area contributed by atoms with Crippen molar-refractivity contribution in [3.63, 3.8) is 0 Å². The number of nitrogens with zero attached hydrogens (tertiary/aromatic N) is 3. The lowest BCUT2D eigenvalue weighted by atomic mass is 10.1. The molecule has 0 radical (unpaired) electrons. The van der Waals surface area contributed by atoms with Crippen molar-refractivity contribution in [2.24, 2.45) is 0 Å². The average Bonchev–Trinajstić information content (AvgIpc) is 2.97. The molecule has 8 nitrogen and oxygen atoms in total. The quantitative estimate of drug-likeness (QED) is 0.753. The third-order valence-electron chi connectivity index (χ3n) is 3.11. The normalized spacial score (nSPS) is 10.8. The van der Waals surface area contributed by atoms with E-state index in [1.807, 2.05) is 26.0 Å². The van der Waals surface area contributed by atoms with Gasteiger partial charge in [-0.05, 0) is 31.5 Å². The van der Waals surface area contributed by atoms with Gasteiger partial charge in [0.2, 0.25) is 0 Å². The first-order chi connectivity index (χ1) is 11.4. The predicted molar refractivity (Wildman–Crippen MR) is 85.2 cm³/mol. The van der Waals surface area contributed by atoms with Gasteiger partial charge in [0.05, 0.1) is 25.5 Å². The molecule has 8 heteroatoms. The van der Waals surface area contributed by atoms with Crippen LogP contribution in [-0.2, 0) is 29.2 Å². The lowest BCUT2D eigenvalue weighted by Crippen LogP contribution is -2.23. The molecule has 0 unspecified atom stereocenters. The summed E-state index contributed by atoms with van der Waals surface area (Å²) in [6.45, 7) is 4.35. The summed E-state index contributed by atoms with van der Waals surface area (Å²) in [6, 6.07) is 7.16. The lowest BCUT2D eigenvalue weighted by molar-refractivity contribution is -0.137. The van der Waals surface area contributed by atoms with Crippen molar-refractivity contribution < 1.29 is 19.4 Å². The van der Waals surface area contributed by atoms with Crippen LogP contribution in [0.25, 0.3) is 0 Å². The third kappa shape index (κ3) is 5.47. The Morgan fingerprint density at radius 2 is 2.00 bits per heavy atom. The molecule has 0 atom stereocenters. The summed E-state index contributed by atoms with van der Waals surface area (Å²) in [7, 11) is 0. The first-order valence-electron chi connectivity index (χ1n) is 7.53. The van der Waals surface area contributed by atoms with Crippen molar-refractivity contribution in [1.29, 1.82) is 0 Å². The van der Waals surface area contributed by atoms with Crippen molar-refractivity contribution in [2.45, 2.75) is 39.6 Å². The van der Waals surface area contributed by atoms with Gasteiger partial charge in [-0.1, -0.05) is 17.3 Å². The van der Waals surface area contributed by atoms with Crippen LogP contribution in [0.1, 0.15) is 35.5 Å². The number of hydrogen-bond donors (Lipinski definition) is 2. The summed E-state index contributed by atoms with van der Waals surface area (Å²) < 4.78 is 6.71. The molecule has 1 aromatic heterocycles. The van der Waals surface area contributed by atoms with E-state index in [2.05, 4.69) is 15.6 Å². The minimum absolute atomic E-state index is 0.155. The Hall–Kier alpha value is -2.74. The standard InChI is InChI=1S/C16H20N4O4/c1-11(2)24-10-12-3-5-13(6-4-12)16(23)17-7-14-8-20(19-18-14)9-15(21)22/h3-6,8,11H,7,9-10H2,1-2H3,(H,17,23)(H,21,22). The second-order valence-electron chi connectivity index (χ2n) is 5.54. The molecule has 1 aromatic carbocycles. The van der Waals surface area contributed by atoms with E-state index < -0.39 is 5.97 Å². The average molecular weight is 332 g/mol. The monoisotopic (exact) mass is 332 g/mol. The largest absolute Gasteiger partial charge is 0.480 e. The van der Waals surface area contributed by atoms with Gasteiger partial charge in [-0.25, -0.2) is 4.68 Å². The van der Waals surface area contributed by atoms with Gasteiger partial charge in [0.1, 0.15) is 12.2 Å². The topological polar surface area (TPSA) is 106 Å². The van der Waals surface area contributed by atoms with Gasteiger partial charge >= 0.3 is 5.97 Å². The number of carboxylic acids is 1. The number of ether oxygens (including phenoxy) is 1. The van der Waals surface area contributed by atoms with E-state index in [1.165, 1.54) is 10.9 Å². The summed E-state index contributed by atoms with van der Waals surface area (Å²) in [5, 5.41) is 18.9. The molecule has 0 saturated carbocycles. The molecule has 2 rings (SSSR count). The summed E-state index contributed by atoms with van der Waals surface area (Å²) in [6.07, 6.45) is 1.64. The maximum atomic E-state index is 12.1. The molecule has 0 aliphatic heterocycles. The molecule has 24 heavy (non-hydrogen) atoms. The lowest BCUT2D eigenvalue weighted by Gasteiger charge is -2.08. The van der Waals surface area contributed by atoms with E-state index >= 15 is 0 Å². The molecule has 0 fully saturated rings. The van der Waals surface area contributed by atoms with Crippen molar-refractivity contribution in [3.8, 4) is 0 Å². The molecule has 1 amide bonds. The smallest absolute Gasteiger partial charge is 0.325 e. The Bertz CT molecular complexity index is 694. The summed E-state index contributed by atoms with van der Waals surface area (Å²) >= 11 is 0. The maximum absolute atomic E-state index is 12.1. The Labute approximate surface area is 139 Å². The van der Waals surface area contributed by atoms with E-state index in [9.17, 15) is 9.59 Å². The van der Waals surface area contributed by atoms with E-state index in [0.29, 0.717) is 17.9 Å². The number of rotatable bonds is 8. The number of carbonyl (C=O) groups is 2. The molecule has 0 aliphatic rings. The van der Waals surface area contributed by atoms with E-state index in [0.717, 1.165) is 5.56 Å². The minimum Gasteiger partial charge on any atom is -0.480 e. The van der Waals surface area contributed by atoms with E-state index in [4.69, 9.17) is 9.84 Å². The van der Waals surface area contributed by atoms with Crippen LogP contribution in [0.3, 0.4) is 0 Å². The Morgan fingerprint density at radius 1 is 1.29 bits per heavy atom. The first-order valence-corrected chi connectivity index (χ1v) is 7.53. The van der Waals surface area contributed by atoms with Crippen molar-refractivity contribution >= 4 is 11.9 Å². The minimum atomic E-state index is -1.00. The fourth-order valence-electron chi connectivity index (χ4n) is 1.92. The zero-order valence-electron chi connectivity index (χ0n) is 13.6. The molecule has 2 N–H and O–H groups in total. The first kappa shape index (κ1) is 17.6. The van der Waals surface area contributed by atoms with Crippen molar-refractivity contribution in [2.75, 3.05) is 0 Å². The van der Waals surface area contributed by atoms with Crippen molar-refractivity contribution in [3.05, 3.63) is 47.3 Å². The van der Waals surface area contributed by atoms with E-state index in [1.54, 1.807) is 12.1 Å². The number of carboxylic acid groups (broad SMARTS) is 1. The van der Waals surface area contributed by atoms with Crippen molar-refractivity contribution in [1.82, 2.24) is 20.3 Å². The van der Waals surface area contributed by atoms with Gasteiger partial charge in [0.15, 0.2) is 0 Å². The number of amides is 1. The molecule has 0 aliphatic carbocycles. The van der Waals surface area contributed by atoms with Crippen LogP contribution in [0.4, 0.5) is 0 Å². The molecule has 128 valence electrons. The van der Waals surface area contributed by atoms with Crippen LogP contribution in [-0.4, -0.2) is 38.1 Å². The Balaban J connectivity index is 1.85. The number of nitrogens with one attached hydrogen (secondary N) is 1. The van der Waals surface area contributed by atoms with Crippen LogP contribution in [0.15, 0.2) is 30.5 Å². The zero-order valence-corrected chi connectivity index (χ0v) is 13.6. The number of carbonyl (C=O) groups excluding carboxylic acids is 1. The molecule has 0 spiro atoms. The van der Waals surface area contributed by atoms with Crippen LogP contribution < -0.4 is 5.32 Å². The molecule has 1 heterocycles. The third-order valence-corrected chi connectivity index (χ3v) is 3.11. The van der Waals surface area contributed by atoms with Gasteiger partial charge in [0, 0.05) is 5.56 Å². The van der Waals surface area contributed by atoms with E-state index in [-0.39, 0.29) is 25.1 Å². The Kier molecular flexibility index (Phi) is 6.02. The summed E-state index contributed by atoms with van der Waals surface area (Å²) in [5.74, 6) is -1.24. The van der Waals surface area contributed by atoms with Gasteiger partial charge < -0.3 is 15.2 Å². The molecular formula is C16H20N4O4. The molecule has 2 aromatic rings. The number of aromatic nitrogens is 3. The maximum Gasteiger partial charge on any atom is 0.325 e. The highest BCUT2D eigenvalue weighted by atomic mass is 16.5. The van der Waals surface area contributed by atoms with Crippen LogP contribution in [0, 0.1) is 0 Å². The van der Waals surface area contributed by atoms with Crippen LogP contribution in [0.5, 0.6) is 0 Å². The predicted octanol–water partition coefficient (Wildman–Crippen LogP) is 1.22. The SMILES string of the molecule is CC(C)OCc1ccc(C(=O)NCc2cn(CC(=O)O)nn2)cc1. The fraction of sp³-hybridized carbons (Fsp3) is 0.375. The second kappa shape index (κ2) is 8.21. The van der Waals surface area contributed by atoms with Gasteiger partial charge in [-0.2, -0.15) is 0 Å². The molecule has 0 bridgehead atoms. The van der Waals surface area contributed by atoms with Crippen LogP contribution in [0.2, 0.25) is 0 Å². The second-order valence-corrected chi connectivity index (χ2v) is 5.54. The summed E-state index contributed by atoms with van der Waals surface area (Å²) in [5.41, 5.74) is 2.02. The highest BCUT2D eigenvalue weighted by Crippen LogP contribution is 2.07. The molecular weight excluding hydrogens is 312 g/mol. The van der Waals surface area contributed by atoms with Crippen LogP contribution >= 0.6 is 0 Å². The molecule has 0 saturated heterocycles. The zero-order chi connectivity index (χ0) is 17.5. The van der Waals surface area contributed by atoms with Gasteiger partial charge in [-0.15, -0.1) is 5.10 Å². The van der Waals surface area contributed by atoms with Gasteiger partial charge in [0.25, 0.3) is 5.91 Å². The summed E-state index contributed by atoms with van der Waals surface area (Å²) in [4.78, 5) is 22.7. The number of benzene rings is 1. The Morgan fingerprint density at radius 3 is 2.62 bits per heavy atom. The van der Waals surface area contributed by atoms with Gasteiger partial charge in [-0.3, -0.25) is 9.59 Å².